The maximum absolute atomic E-state index is 10.5. The van der Waals surface area contributed by atoms with E-state index in [4.69, 9.17) is 15.6 Å². The minimum Gasteiger partial charge on any atom is -0.368 e. The summed E-state index contributed by atoms with van der Waals surface area (Å²) in [7, 11) is 0. The molecule has 0 spiro atoms. The molecular formula is C6H13NO3. The Bertz CT molecular complexity index is 114. The van der Waals surface area contributed by atoms with Gasteiger partial charge in [0.05, 0.1) is 0 Å². The van der Waals surface area contributed by atoms with E-state index in [0.717, 1.165) is 0 Å². The van der Waals surface area contributed by atoms with E-state index < -0.39 is 18.3 Å². The highest BCUT2D eigenvalue weighted by Crippen LogP contribution is 1.99. The summed E-state index contributed by atoms with van der Waals surface area (Å²) in [4.78, 5) is 10.5. The zero-order chi connectivity index (χ0) is 8.15. The minimum absolute atomic E-state index is 0.486. The van der Waals surface area contributed by atoms with Gasteiger partial charge in [-0.15, -0.1) is 0 Å². The molecular weight excluding hydrogens is 134 g/mol. The Morgan fingerprint density at radius 1 is 1.80 bits per heavy atom. The number of carbonyl (C=O) groups excluding carboxylic acids is 1. The quantitative estimate of drug-likeness (QED) is 0.532. The molecule has 1 amide bonds. The monoisotopic (exact) mass is 147 g/mol. The number of hydrogen-bond acceptors (Lipinski definition) is 3. The van der Waals surface area contributed by atoms with Crippen molar-refractivity contribution in [2.45, 2.75) is 32.7 Å². The molecule has 0 aromatic rings. The van der Waals surface area contributed by atoms with Gasteiger partial charge < -0.3 is 15.6 Å². The van der Waals surface area contributed by atoms with Gasteiger partial charge in [-0.1, -0.05) is 6.92 Å². The van der Waals surface area contributed by atoms with Crippen LogP contribution in [0.25, 0.3) is 0 Å². The summed E-state index contributed by atoms with van der Waals surface area (Å²) in [6, 6.07) is 0. The second-order valence-electron chi connectivity index (χ2n) is 2.03. The summed E-state index contributed by atoms with van der Waals surface area (Å²) in [5, 5.41) is 8.67. The fourth-order valence-electron chi connectivity index (χ4n) is 0.602. The zero-order valence-electron chi connectivity index (χ0n) is 6.20. The summed E-state index contributed by atoms with van der Waals surface area (Å²) >= 11 is 0. The van der Waals surface area contributed by atoms with Crippen molar-refractivity contribution in [3.05, 3.63) is 0 Å². The van der Waals surface area contributed by atoms with Gasteiger partial charge in [0.2, 0.25) is 5.91 Å². The van der Waals surface area contributed by atoms with Crippen molar-refractivity contribution < 1.29 is 14.6 Å². The summed E-state index contributed by atoms with van der Waals surface area (Å²) in [5.41, 5.74) is 4.92. The van der Waals surface area contributed by atoms with Gasteiger partial charge in [-0.05, 0) is 13.3 Å². The van der Waals surface area contributed by atoms with Crippen LogP contribution in [-0.2, 0) is 9.53 Å². The van der Waals surface area contributed by atoms with E-state index in [1.807, 2.05) is 0 Å². The molecule has 2 unspecified atom stereocenters. The minimum atomic E-state index is -0.933. The lowest BCUT2D eigenvalue weighted by atomic mass is 10.3. The standard InChI is InChI=1S/C6H13NO3/c1-3-5(6(7)9)10-4(2)8/h4-5,8H,3H2,1-2H3,(H2,7,9). The molecule has 0 heterocycles. The van der Waals surface area contributed by atoms with Crippen LogP contribution < -0.4 is 5.73 Å². The Balaban J connectivity index is 3.72. The second-order valence-corrected chi connectivity index (χ2v) is 2.03. The van der Waals surface area contributed by atoms with Gasteiger partial charge in [-0.2, -0.15) is 0 Å². The average molecular weight is 147 g/mol. The lowest BCUT2D eigenvalue weighted by Crippen LogP contribution is -2.33. The van der Waals surface area contributed by atoms with Gasteiger partial charge in [0.1, 0.15) is 6.10 Å². The van der Waals surface area contributed by atoms with E-state index in [-0.39, 0.29) is 0 Å². The number of rotatable bonds is 4. The Hall–Kier alpha value is -0.610. The van der Waals surface area contributed by atoms with Crippen LogP contribution in [0.3, 0.4) is 0 Å². The molecule has 0 bridgehead atoms. The smallest absolute Gasteiger partial charge is 0.246 e. The third-order valence-electron chi connectivity index (χ3n) is 1.05. The molecule has 0 radical (unpaired) electrons. The van der Waals surface area contributed by atoms with Crippen LogP contribution in [0.1, 0.15) is 20.3 Å². The molecule has 10 heavy (non-hydrogen) atoms. The van der Waals surface area contributed by atoms with Crippen LogP contribution in [0.5, 0.6) is 0 Å². The highest BCUT2D eigenvalue weighted by atomic mass is 16.6. The molecule has 0 aliphatic carbocycles. The third kappa shape index (κ3) is 3.42. The second kappa shape index (κ2) is 4.24. The molecule has 3 N–H and O–H groups in total. The lowest BCUT2D eigenvalue weighted by Gasteiger charge is -2.13. The van der Waals surface area contributed by atoms with Crippen molar-refractivity contribution in [3.63, 3.8) is 0 Å². The van der Waals surface area contributed by atoms with Gasteiger partial charge in [0, 0.05) is 0 Å². The number of ether oxygens (including phenoxy) is 1. The summed E-state index contributed by atoms with van der Waals surface area (Å²) in [5.74, 6) is -0.539. The maximum Gasteiger partial charge on any atom is 0.246 e. The number of nitrogens with two attached hydrogens (primary N) is 1. The molecule has 0 rings (SSSR count). The summed E-state index contributed by atoms with van der Waals surface area (Å²) < 4.78 is 4.74. The van der Waals surface area contributed by atoms with Gasteiger partial charge in [0.15, 0.2) is 6.29 Å². The van der Waals surface area contributed by atoms with Gasteiger partial charge in [0.25, 0.3) is 0 Å². The van der Waals surface area contributed by atoms with Gasteiger partial charge in [-0.3, -0.25) is 4.79 Å². The fraction of sp³-hybridized carbons (Fsp3) is 0.833. The molecule has 0 aromatic carbocycles. The maximum atomic E-state index is 10.5. The van der Waals surface area contributed by atoms with E-state index in [1.54, 1.807) is 6.92 Å². The predicted molar refractivity (Wildman–Crippen MR) is 36.0 cm³/mol. The Morgan fingerprint density at radius 2 is 2.30 bits per heavy atom. The van der Waals surface area contributed by atoms with E-state index in [9.17, 15) is 4.79 Å². The Kier molecular flexibility index (Phi) is 3.99. The number of hydrogen-bond donors (Lipinski definition) is 2. The highest BCUT2D eigenvalue weighted by Gasteiger charge is 2.14. The van der Waals surface area contributed by atoms with Crippen molar-refractivity contribution in [2.24, 2.45) is 5.73 Å². The molecule has 4 heteroatoms. The highest BCUT2D eigenvalue weighted by molar-refractivity contribution is 5.78. The molecule has 4 nitrogen and oxygen atoms in total. The molecule has 0 aliphatic rings. The van der Waals surface area contributed by atoms with Crippen molar-refractivity contribution in [1.29, 1.82) is 0 Å². The van der Waals surface area contributed by atoms with Crippen molar-refractivity contribution in [2.75, 3.05) is 0 Å². The first-order chi connectivity index (χ1) is 4.57. The molecule has 0 saturated heterocycles. The molecule has 0 aromatic heterocycles. The molecule has 60 valence electrons. The lowest BCUT2D eigenvalue weighted by molar-refractivity contribution is -0.153. The Labute approximate surface area is 60.0 Å². The van der Waals surface area contributed by atoms with E-state index in [1.165, 1.54) is 6.92 Å². The van der Waals surface area contributed by atoms with Crippen molar-refractivity contribution >= 4 is 5.91 Å². The van der Waals surface area contributed by atoms with Gasteiger partial charge >= 0.3 is 0 Å². The van der Waals surface area contributed by atoms with Crippen molar-refractivity contribution in [3.8, 4) is 0 Å². The van der Waals surface area contributed by atoms with Crippen LogP contribution in [0.15, 0.2) is 0 Å². The number of aliphatic hydroxyl groups excluding tert-OH is 1. The number of amides is 1. The van der Waals surface area contributed by atoms with Crippen LogP contribution >= 0.6 is 0 Å². The molecule has 0 aliphatic heterocycles. The first kappa shape index (κ1) is 9.39. The Morgan fingerprint density at radius 3 is 2.40 bits per heavy atom. The van der Waals surface area contributed by atoms with Crippen LogP contribution in [0.2, 0.25) is 0 Å². The number of carbonyl (C=O) groups is 1. The molecule has 0 fully saturated rings. The van der Waals surface area contributed by atoms with Gasteiger partial charge in [-0.25, -0.2) is 0 Å². The number of aliphatic hydroxyl groups is 1. The first-order valence-electron chi connectivity index (χ1n) is 3.20. The first-order valence-corrected chi connectivity index (χ1v) is 3.20. The fourth-order valence-corrected chi connectivity index (χ4v) is 0.602. The normalized spacial score (nSPS) is 16.3. The van der Waals surface area contributed by atoms with E-state index in [2.05, 4.69) is 0 Å². The summed E-state index contributed by atoms with van der Waals surface area (Å²) in [6.45, 7) is 3.20. The van der Waals surface area contributed by atoms with E-state index >= 15 is 0 Å². The third-order valence-corrected chi connectivity index (χ3v) is 1.05. The van der Waals surface area contributed by atoms with Crippen LogP contribution in [0.4, 0.5) is 0 Å². The molecule has 2 atom stereocenters. The van der Waals surface area contributed by atoms with E-state index in [0.29, 0.717) is 6.42 Å². The van der Waals surface area contributed by atoms with Crippen LogP contribution in [-0.4, -0.2) is 23.4 Å². The largest absolute Gasteiger partial charge is 0.368 e. The SMILES string of the molecule is CCC(OC(C)O)C(N)=O. The molecule has 0 saturated carbocycles. The zero-order valence-corrected chi connectivity index (χ0v) is 6.20. The summed E-state index contributed by atoms with van der Waals surface area (Å²) in [6.07, 6.45) is -1.11. The topological polar surface area (TPSA) is 72.6 Å². The predicted octanol–water partition coefficient (Wildman–Crippen LogP) is -0.395. The van der Waals surface area contributed by atoms with Crippen molar-refractivity contribution in [1.82, 2.24) is 0 Å². The average Bonchev–Trinajstić information content (AvgIpc) is 1.81. The van der Waals surface area contributed by atoms with Crippen LogP contribution in [0, 0.1) is 0 Å². The number of primary amides is 1.